The summed E-state index contributed by atoms with van der Waals surface area (Å²) in [6, 6.07) is 8.49. The van der Waals surface area contributed by atoms with Crippen molar-refractivity contribution < 1.29 is 0 Å². The molecular weight excluding hydrogens is 186 g/mol. The first-order chi connectivity index (χ1) is 7.33. The van der Waals surface area contributed by atoms with Gasteiger partial charge in [-0.25, -0.2) is 0 Å². The van der Waals surface area contributed by atoms with E-state index in [1.807, 2.05) is 7.05 Å². The third kappa shape index (κ3) is 2.03. The second kappa shape index (κ2) is 4.47. The van der Waals surface area contributed by atoms with Crippen LogP contribution < -0.4 is 10.6 Å². The standard InChI is InChI=1S/C12H17N3/c1-13-9-14-7-10-8-15(2)12-6-4-3-5-11(10)12/h3-6,8,13-14H,7,9H2,1-2H3. The van der Waals surface area contributed by atoms with Gasteiger partial charge in [-0.05, 0) is 18.7 Å². The number of para-hydroxylation sites is 1. The number of aryl methyl sites for hydroxylation is 1. The highest BCUT2D eigenvalue weighted by Gasteiger charge is 2.04. The fraction of sp³-hybridized carbons (Fsp3) is 0.333. The third-order valence-corrected chi connectivity index (χ3v) is 2.60. The Morgan fingerprint density at radius 3 is 2.87 bits per heavy atom. The topological polar surface area (TPSA) is 29.0 Å². The Morgan fingerprint density at radius 2 is 2.07 bits per heavy atom. The molecule has 2 aromatic rings. The molecule has 0 atom stereocenters. The van der Waals surface area contributed by atoms with Gasteiger partial charge in [-0.2, -0.15) is 0 Å². The van der Waals surface area contributed by atoms with Gasteiger partial charge in [0.2, 0.25) is 0 Å². The lowest BCUT2D eigenvalue weighted by molar-refractivity contribution is 0.633. The van der Waals surface area contributed by atoms with Crippen LogP contribution in [0.2, 0.25) is 0 Å². The Kier molecular flexibility index (Phi) is 3.04. The molecule has 3 nitrogen and oxygen atoms in total. The van der Waals surface area contributed by atoms with Crippen molar-refractivity contribution in [3.63, 3.8) is 0 Å². The molecule has 2 N–H and O–H groups in total. The summed E-state index contributed by atoms with van der Waals surface area (Å²) >= 11 is 0. The predicted octanol–water partition coefficient (Wildman–Crippen LogP) is 1.44. The second-order valence-electron chi connectivity index (χ2n) is 3.74. The first kappa shape index (κ1) is 10.2. The minimum atomic E-state index is 0.837. The second-order valence-corrected chi connectivity index (χ2v) is 3.74. The Labute approximate surface area is 90.1 Å². The molecule has 2 rings (SSSR count). The lowest BCUT2D eigenvalue weighted by Crippen LogP contribution is -2.25. The summed E-state index contributed by atoms with van der Waals surface area (Å²) in [6.07, 6.45) is 2.19. The van der Waals surface area contributed by atoms with Gasteiger partial charge in [0.15, 0.2) is 0 Å². The van der Waals surface area contributed by atoms with Crippen LogP contribution in [0.25, 0.3) is 10.9 Å². The van der Waals surface area contributed by atoms with Crippen molar-refractivity contribution >= 4 is 10.9 Å². The highest BCUT2D eigenvalue weighted by molar-refractivity contribution is 5.83. The van der Waals surface area contributed by atoms with E-state index < -0.39 is 0 Å². The average molecular weight is 203 g/mol. The molecule has 0 aliphatic carbocycles. The summed E-state index contributed by atoms with van der Waals surface area (Å²) in [5.74, 6) is 0. The maximum absolute atomic E-state index is 3.33. The van der Waals surface area contributed by atoms with Gasteiger partial charge in [-0.15, -0.1) is 0 Å². The van der Waals surface area contributed by atoms with Crippen molar-refractivity contribution in [2.24, 2.45) is 7.05 Å². The number of benzene rings is 1. The van der Waals surface area contributed by atoms with Gasteiger partial charge in [-0.3, -0.25) is 0 Å². The number of aromatic nitrogens is 1. The van der Waals surface area contributed by atoms with E-state index in [9.17, 15) is 0 Å². The van der Waals surface area contributed by atoms with E-state index in [1.54, 1.807) is 0 Å². The smallest absolute Gasteiger partial charge is 0.0481 e. The van der Waals surface area contributed by atoms with Gasteiger partial charge in [0, 0.05) is 37.4 Å². The molecule has 80 valence electrons. The molecule has 0 aliphatic heterocycles. The number of nitrogens with zero attached hydrogens (tertiary/aromatic N) is 1. The number of hydrogen-bond acceptors (Lipinski definition) is 2. The molecule has 0 bridgehead atoms. The van der Waals surface area contributed by atoms with E-state index in [0.29, 0.717) is 0 Å². The fourth-order valence-corrected chi connectivity index (χ4v) is 1.89. The molecule has 1 aromatic heterocycles. The van der Waals surface area contributed by atoms with Gasteiger partial charge in [-0.1, -0.05) is 18.2 Å². The maximum Gasteiger partial charge on any atom is 0.0481 e. The summed E-state index contributed by atoms with van der Waals surface area (Å²) in [7, 11) is 4.03. The van der Waals surface area contributed by atoms with Crippen molar-refractivity contribution in [1.82, 2.24) is 15.2 Å². The Balaban J connectivity index is 2.27. The Hall–Kier alpha value is -1.32. The zero-order valence-corrected chi connectivity index (χ0v) is 9.25. The van der Waals surface area contributed by atoms with E-state index in [0.717, 1.165) is 13.2 Å². The minimum absolute atomic E-state index is 0.837. The lowest BCUT2D eigenvalue weighted by Gasteiger charge is -2.01. The van der Waals surface area contributed by atoms with Crippen LogP contribution in [-0.4, -0.2) is 18.3 Å². The van der Waals surface area contributed by atoms with Crippen molar-refractivity contribution in [2.45, 2.75) is 6.54 Å². The van der Waals surface area contributed by atoms with E-state index in [1.165, 1.54) is 16.5 Å². The third-order valence-electron chi connectivity index (χ3n) is 2.60. The molecule has 3 heteroatoms. The summed E-state index contributed by atoms with van der Waals surface area (Å²) in [6.45, 7) is 1.74. The number of rotatable bonds is 4. The van der Waals surface area contributed by atoms with E-state index in [-0.39, 0.29) is 0 Å². The first-order valence-electron chi connectivity index (χ1n) is 5.21. The molecule has 1 aromatic carbocycles. The normalized spacial score (nSPS) is 11.1. The van der Waals surface area contributed by atoms with Crippen LogP contribution >= 0.6 is 0 Å². The Bertz CT molecular complexity index is 445. The van der Waals surface area contributed by atoms with Crippen molar-refractivity contribution in [2.75, 3.05) is 13.7 Å². The fourth-order valence-electron chi connectivity index (χ4n) is 1.89. The summed E-state index contributed by atoms with van der Waals surface area (Å²) in [5, 5.41) is 7.74. The molecule has 0 saturated carbocycles. The molecule has 0 saturated heterocycles. The largest absolute Gasteiger partial charge is 0.350 e. The average Bonchev–Trinajstić information content (AvgIpc) is 2.58. The lowest BCUT2D eigenvalue weighted by atomic mass is 10.2. The van der Waals surface area contributed by atoms with Crippen molar-refractivity contribution in [3.05, 3.63) is 36.0 Å². The van der Waals surface area contributed by atoms with E-state index in [2.05, 4.69) is 52.7 Å². The van der Waals surface area contributed by atoms with Crippen LogP contribution in [0, 0.1) is 0 Å². The summed E-state index contributed by atoms with van der Waals surface area (Å²) in [4.78, 5) is 0. The maximum atomic E-state index is 3.33. The van der Waals surface area contributed by atoms with Crippen LogP contribution in [0.15, 0.2) is 30.5 Å². The summed E-state index contributed by atoms with van der Waals surface area (Å²) in [5.41, 5.74) is 2.64. The Morgan fingerprint density at radius 1 is 1.27 bits per heavy atom. The zero-order valence-electron chi connectivity index (χ0n) is 9.25. The van der Waals surface area contributed by atoms with Gasteiger partial charge >= 0.3 is 0 Å². The highest BCUT2D eigenvalue weighted by atomic mass is 15.0. The van der Waals surface area contributed by atoms with Gasteiger partial charge < -0.3 is 15.2 Å². The minimum Gasteiger partial charge on any atom is -0.350 e. The van der Waals surface area contributed by atoms with Crippen LogP contribution in [0.5, 0.6) is 0 Å². The van der Waals surface area contributed by atoms with Gasteiger partial charge in [0.05, 0.1) is 0 Å². The summed E-state index contributed by atoms with van der Waals surface area (Å²) < 4.78 is 2.17. The quantitative estimate of drug-likeness (QED) is 0.581. The van der Waals surface area contributed by atoms with Crippen molar-refractivity contribution in [1.29, 1.82) is 0 Å². The molecule has 0 aliphatic rings. The van der Waals surface area contributed by atoms with Crippen LogP contribution in [0.4, 0.5) is 0 Å². The van der Waals surface area contributed by atoms with Crippen LogP contribution in [0.1, 0.15) is 5.56 Å². The number of hydrogen-bond donors (Lipinski definition) is 2. The SMILES string of the molecule is CNCNCc1cn(C)c2ccccc12. The van der Waals surface area contributed by atoms with E-state index in [4.69, 9.17) is 0 Å². The highest BCUT2D eigenvalue weighted by Crippen LogP contribution is 2.19. The molecule has 0 unspecified atom stereocenters. The number of fused-ring (bicyclic) bond motifs is 1. The van der Waals surface area contributed by atoms with E-state index >= 15 is 0 Å². The number of nitrogens with one attached hydrogen (secondary N) is 2. The molecule has 15 heavy (non-hydrogen) atoms. The monoisotopic (exact) mass is 203 g/mol. The van der Waals surface area contributed by atoms with Crippen LogP contribution in [0.3, 0.4) is 0 Å². The molecular formula is C12H17N3. The van der Waals surface area contributed by atoms with Crippen LogP contribution in [-0.2, 0) is 13.6 Å². The molecule has 0 fully saturated rings. The molecule has 0 amide bonds. The molecule has 1 heterocycles. The predicted molar refractivity (Wildman–Crippen MR) is 63.7 cm³/mol. The first-order valence-corrected chi connectivity index (χ1v) is 5.21. The van der Waals surface area contributed by atoms with Gasteiger partial charge in [0.1, 0.15) is 0 Å². The van der Waals surface area contributed by atoms with Crippen molar-refractivity contribution in [3.8, 4) is 0 Å². The molecule has 0 spiro atoms. The molecule has 0 radical (unpaired) electrons. The van der Waals surface area contributed by atoms with Gasteiger partial charge in [0.25, 0.3) is 0 Å². The zero-order chi connectivity index (χ0) is 10.7.